The Bertz CT molecular complexity index is 836. The number of nitrogens with zero attached hydrogens (tertiary/aromatic N) is 4. The third-order valence-electron chi connectivity index (χ3n) is 6.14. The molecule has 0 atom stereocenters. The summed E-state index contributed by atoms with van der Waals surface area (Å²) < 4.78 is 5.47. The molecule has 30 heavy (non-hydrogen) atoms. The van der Waals surface area contributed by atoms with Crippen molar-refractivity contribution in [3.05, 3.63) is 29.7 Å². The Labute approximate surface area is 183 Å². The summed E-state index contributed by atoms with van der Waals surface area (Å²) in [6.45, 7) is 2.64. The number of halogens is 1. The van der Waals surface area contributed by atoms with Crippen molar-refractivity contribution in [2.45, 2.75) is 50.6 Å². The summed E-state index contributed by atoms with van der Waals surface area (Å²) in [5, 5.41) is 4.11. The maximum Gasteiger partial charge on any atom is 0.147 e. The number of hydrogen-bond acceptors (Lipinski definition) is 7. The van der Waals surface area contributed by atoms with E-state index in [1.807, 2.05) is 12.3 Å². The molecule has 0 bridgehead atoms. The molecule has 1 aliphatic carbocycles. The predicted molar refractivity (Wildman–Crippen MR) is 121 cm³/mol. The zero-order valence-electron chi connectivity index (χ0n) is 17.6. The van der Waals surface area contributed by atoms with Crippen molar-refractivity contribution in [1.82, 2.24) is 15.0 Å². The van der Waals surface area contributed by atoms with E-state index in [2.05, 4.69) is 27.2 Å². The minimum absolute atomic E-state index is 0.327. The van der Waals surface area contributed by atoms with E-state index >= 15 is 0 Å². The SMILES string of the molecule is CN(CC1CCOCC1)c1cncc(-c2cc(NC3CCC(N)CC3)ncc2Cl)n1. The standard InChI is InChI=1S/C22H31ClN6O/c1-29(14-15-6-8-30-9-7-15)22-13-25-12-20(28-22)18-10-21(26-11-19(18)23)27-17-4-2-16(24)3-5-17/h10-13,15-17H,2-9,14,24H2,1H3,(H,26,27). The first-order valence-electron chi connectivity index (χ1n) is 10.9. The highest BCUT2D eigenvalue weighted by Crippen LogP contribution is 2.30. The van der Waals surface area contributed by atoms with E-state index in [1.54, 1.807) is 12.4 Å². The summed E-state index contributed by atoms with van der Waals surface area (Å²) in [6.07, 6.45) is 11.7. The molecular weight excluding hydrogens is 400 g/mol. The van der Waals surface area contributed by atoms with Gasteiger partial charge in [0.25, 0.3) is 0 Å². The van der Waals surface area contributed by atoms with Crippen molar-refractivity contribution in [2.24, 2.45) is 11.7 Å². The van der Waals surface area contributed by atoms with E-state index in [0.29, 0.717) is 23.0 Å². The van der Waals surface area contributed by atoms with Crippen LogP contribution < -0.4 is 16.0 Å². The van der Waals surface area contributed by atoms with Gasteiger partial charge in [-0.2, -0.15) is 0 Å². The third-order valence-corrected chi connectivity index (χ3v) is 6.44. The summed E-state index contributed by atoms with van der Waals surface area (Å²) in [7, 11) is 2.07. The van der Waals surface area contributed by atoms with Crippen molar-refractivity contribution in [2.75, 3.05) is 37.0 Å². The number of hydrogen-bond donors (Lipinski definition) is 2. The lowest BCUT2D eigenvalue weighted by atomic mass is 9.92. The average Bonchev–Trinajstić information content (AvgIpc) is 2.77. The molecule has 0 aromatic carbocycles. The van der Waals surface area contributed by atoms with E-state index in [0.717, 1.165) is 81.2 Å². The number of nitrogens with two attached hydrogens (primary N) is 1. The third kappa shape index (κ3) is 5.39. The Kier molecular flexibility index (Phi) is 7.02. The number of rotatable bonds is 6. The second-order valence-electron chi connectivity index (χ2n) is 8.50. The summed E-state index contributed by atoms with van der Waals surface area (Å²) in [5.74, 6) is 2.29. The molecule has 2 aromatic heterocycles. The molecule has 1 saturated carbocycles. The van der Waals surface area contributed by atoms with Crippen LogP contribution in [0.2, 0.25) is 5.02 Å². The van der Waals surface area contributed by atoms with Gasteiger partial charge < -0.3 is 20.7 Å². The van der Waals surface area contributed by atoms with Crippen molar-refractivity contribution in [1.29, 1.82) is 0 Å². The van der Waals surface area contributed by atoms with Crippen molar-refractivity contribution < 1.29 is 4.74 Å². The molecule has 3 heterocycles. The van der Waals surface area contributed by atoms with Gasteiger partial charge in [0, 0.05) is 50.7 Å². The Hall–Kier alpha value is -1.96. The minimum atomic E-state index is 0.327. The molecule has 2 fully saturated rings. The largest absolute Gasteiger partial charge is 0.381 e. The Morgan fingerprint density at radius 1 is 1.13 bits per heavy atom. The zero-order valence-corrected chi connectivity index (χ0v) is 18.3. The van der Waals surface area contributed by atoms with E-state index in [-0.39, 0.29) is 0 Å². The molecule has 0 amide bonds. The van der Waals surface area contributed by atoms with Gasteiger partial charge in [-0.15, -0.1) is 0 Å². The molecule has 1 saturated heterocycles. The van der Waals surface area contributed by atoms with Crippen LogP contribution in [-0.4, -0.2) is 53.8 Å². The first-order valence-corrected chi connectivity index (χ1v) is 11.2. The van der Waals surface area contributed by atoms with Crippen LogP contribution in [0.4, 0.5) is 11.6 Å². The van der Waals surface area contributed by atoms with Gasteiger partial charge in [-0.25, -0.2) is 9.97 Å². The fourth-order valence-electron chi connectivity index (χ4n) is 4.27. The number of aromatic nitrogens is 3. The minimum Gasteiger partial charge on any atom is -0.381 e. The highest BCUT2D eigenvalue weighted by molar-refractivity contribution is 6.33. The highest BCUT2D eigenvalue weighted by atomic mass is 35.5. The van der Waals surface area contributed by atoms with E-state index < -0.39 is 0 Å². The molecular formula is C22H31ClN6O. The highest BCUT2D eigenvalue weighted by Gasteiger charge is 2.20. The summed E-state index contributed by atoms with van der Waals surface area (Å²) in [5.41, 5.74) is 7.62. The molecule has 0 radical (unpaired) electrons. The molecule has 0 unspecified atom stereocenters. The molecule has 3 N–H and O–H groups in total. The maximum atomic E-state index is 6.48. The Morgan fingerprint density at radius 2 is 1.90 bits per heavy atom. The number of ether oxygens (including phenoxy) is 1. The van der Waals surface area contributed by atoms with Gasteiger partial charge in [0.05, 0.1) is 23.1 Å². The monoisotopic (exact) mass is 430 g/mol. The van der Waals surface area contributed by atoms with Crippen LogP contribution in [0.3, 0.4) is 0 Å². The van der Waals surface area contributed by atoms with Gasteiger partial charge >= 0.3 is 0 Å². The Balaban J connectivity index is 1.48. The van der Waals surface area contributed by atoms with Gasteiger partial charge in [0.2, 0.25) is 0 Å². The van der Waals surface area contributed by atoms with Crippen LogP contribution in [0.15, 0.2) is 24.7 Å². The zero-order chi connectivity index (χ0) is 20.9. The van der Waals surface area contributed by atoms with Gasteiger partial charge in [0.1, 0.15) is 11.6 Å². The molecule has 2 aromatic rings. The first-order chi connectivity index (χ1) is 14.6. The van der Waals surface area contributed by atoms with Crippen LogP contribution >= 0.6 is 11.6 Å². The van der Waals surface area contributed by atoms with Crippen LogP contribution in [0.5, 0.6) is 0 Å². The van der Waals surface area contributed by atoms with Crippen LogP contribution in [0.25, 0.3) is 11.3 Å². The molecule has 2 aliphatic rings. The molecule has 1 aliphatic heterocycles. The average molecular weight is 431 g/mol. The summed E-state index contributed by atoms with van der Waals surface area (Å²) in [6, 6.07) is 2.70. The second-order valence-corrected chi connectivity index (χ2v) is 8.91. The fourth-order valence-corrected chi connectivity index (χ4v) is 4.47. The maximum absolute atomic E-state index is 6.48. The quantitative estimate of drug-likeness (QED) is 0.721. The first kappa shape index (κ1) is 21.3. The van der Waals surface area contributed by atoms with E-state index in [4.69, 9.17) is 27.1 Å². The van der Waals surface area contributed by atoms with Gasteiger partial charge in [-0.05, 0) is 50.5 Å². The lowest BCUT2D eigenvalue weighted by molar-refractivity contribution is 0.0685. The normalized spacial score (nSPS) is 22.6. The van der Waals surface area contributed by atoms with Crippen molar-refractivity contribution in [3.8, 4) is 11.3 Å². The van der Waals surface area contributed by atoms with Gasteiger partial charge in [0.15, 0.2) is 0 Å². The van der Waals surface area contributed by atoms with Crippen LogP contribution in [0, 0.1) is 5.92 Å². The van der Waals surface area contributed by atoms with Crippen molar-refractivity contribution in [3.63, 3.8) is 0 Å². The van der Waals surface area contributed by atoms with Crippen LogP contribution in [-0.2, 0) is 4.74 Å². The topological polar surface area (TPSA) is 89.2 Å². The molecule has 0 spiro atoms. The Morgan fingerprint density at radius 3 is 2.67 bits per heavy atom. The van der Waals surface area contributed by atoms with E-state index in [9.17, 15) is 0 Å². The van der Waals surface area contributed by atoms with Gasteiger partial charge in [-0.3, -0.25) is 4.98 Å². The summed E-state index contributed by atoms with van der Waals surface area (Å²) in [4.78, 5) is 15.9. The molecule has 162 valence electrons. The van der Waals surface area contributed by atoms with E-state index in [1.165, 1.54) is 0 Å². The fraction of sp³-hybridized carbons (Fsp3) is 0.591. The number of anilines is 2. The van der Waals surface area contributed by atoms with Crippen LogP contribution in [0.1, 0.15) is 38.5 Å². The second kappa shape index (κ2) is 9.90. The molecule has 7 nitrogen and oxygen atoms in total. The molecule has 8 heteroatoms. The smallest absolute Gasteiger partial charge is 0.147 e. The number of nitrogens with one attached hydrogen (secondary N) is 1. The van der Waals surface area contributed by atoms with Crippen molar-refractivity contribution >= 4 is 23.2 Å². The lowest BCUT2D eigenvalue weighted by Gasteiger charge is -2.28. The summed E-state index contributed by atoms with van der Waals surface area (Å²) >= 11 is 6.48. The number of pyridine rings is 1. The van der Waals surface area contributed by atoms with Gasteiger partial charge in [-0.1, -0.05) is 11.6 Å². The lowest BCUT2D eigenvalue weighted by Crippen LogP contribution is -2.33. The predicted octanol–water partition coefficient (Wildman–Crippen LogP) is 3.74. The molecule has 4 rings (SSSR count).